The molecule has 0 radical (unpaired) electrons. The molecule has 0 aliphatic heterocycles. The normalized spacial score (nSPS) is 10.7. The standard InChI is InChI=1S/C20H18Cl3N5O2S/c1-11-7-12(21)4-6-16(11)25-18(29)10-31-20-27-26-17(28(20)2)9-24-19(30)14-5-3-13(22)8-15(14)23/h3-8H,9-10H2,1-2H3,(H,24,30)(H,25,29). The van der Waals surface area contributed by atoms with Crippen molar-refractivity contribution in [3.63, 3.8) is 0 Å². The summed E-state index contributed by atoms with van der Waals surface area (Å²) < 4.78 is 1.72. The smallest absolute Gasteiger partial charge is 0.253 e. The molecule has 0 unspecified atom stereocenters. The van der Waals surface area contributed by atoms with E-state index < -0.39 is 0 Å². The molecule has 2 aromatic carbocycles. The average Bonchev–Trinajstić information content (AvgIpc) is 3.06. The lowest BCUT2D eigenvalue weighted by Crippen LogP contribution is -2.24. The largest absolute Gasteiger partial charge is 0.345 e. The Morgan fingerprint density at radius 3 is 2.48 bits per heavy atom. The lowest BCUT2D eigenvalue weighted by atomic mass is 10.2. The fourth-order valence-electron chi connectivity index (χ4n) is 2.64. The molecule has 1 aromatic heterocycles. The first-order chi connectivity index (χ1) is 14.7. The number of halogens is 3. The van der Waals surface area contributed by atoms with Crippen LogP contribution < -0.4 is 10.6 Å². The Balaban J connectivity index is 1.54. The molecule has 162 valence electrons. The van der Waals surface area contributed by atoms with Gasteiger partial charge in [0, 0.05) is 22.8 Å². The second kappa shape index (κ2) is 10.4. The molecule has 7 nitrogen and oxygen atoms in total. The molecule has 31 heavy (non-hydrogen) atoms. The topological polar surface area (TPSA) is 88.9 Å². The number of nitrogens with one attached hydrogen (secondary N) is 2. The summed E-state index contributed by atoms with van der Waals surface area (Å²) >= 11 is 19.1. The van der Waals surface area contributed by atoms with Gasteiger partial charge in [0.05, 0.1) is 22.9 Å². The summed E-state index contributed by atoms with van der Waals surface area (Å²) in [6.07, 6.45) is 0. The van der Waals surface area contributed by atoms with Crippen molar-refractivity contribution in [1.29, 1.82) is 0 Å². The van der Waals surface area contributed by atoms with Crippen LogP contribution in [-0.4, -0.2) is 32.3 Å². The van der Waals surface area contributed by atoms with Crippen LogP contribution in [0.2, 0.25) is 15.1 Å². The van der Waals surface area contributed by atoms with E-state index in [2.05, 4.69) is 20.8 Å². The number of aryl methyl sites for hydroxylation is 1. The lowest BCUT2D eigenvalue weighted by molar-refractivity contribution is -0.113. The highest BCUT2D eigenvalue weighted by molar-refractivity contribution is 7.99. The maximum atomic E-state index is 12.3. The van der Waals surface area contributed by atoms with Gasteiger partial charge in [-0.05, 0) is 48.9 Å². The molecule has 0 aliphatic carbocycles. The highest BCUT2D eigenvalue weighted by atomic mass is 35.5. The average molecular weight is 499 g/mol. The van der Waals surface area contributed by atoms with Crippen molar-refractivity contribution in [3.05, 3.63) is 68.4 Å². The predicted molar refractivity (Wildman–Crippen MR) is 124 cm³/mol. The number of carbonyl (C=O) groups is 2. The van der Waals surface area contributed by atoms with E-state index in [9.17, 15) is 9.59 Å². The van der Waals surface area contributed by atoms with Crippen molar-refractivity contribution in [3.8, 4) is 0 Å². The molecule has 2 N–H and O–H groups in total. The van der Waals surface area contributed by atoms with Gasteiger partial charge in [0.1, 0.15) is 0 Å². The van der Waals surface area contributed by atoms with Gasteiger partial charge < -0.3 is 15.2 Å². The highest BCUT2D eigenvalue weighted by Crippen LogP contribution is 2.22. The second-order valence-corrected chi connectivity index (χ2v) is 8.78. The van der Waals surface area contributed by atoms with Crippen molar-refractivity contribution >= 4 is 64.1 Å². The van der Waals surface area contributed by atoms with Crippen molar-refractivity contribution < 1.29 is 9.59 Å². The minimum absolute atomic E-state index is 0.151. The number of hydrogen-bond acceptors (Lipinski definition) is 5. The van der Waals surface area contributed by atoms with Crippen molar-refractivity contribution in [2.24, 2.45) is 7.05 Å². The number of rotatable bonds is 7. The van der Waals surface area contributed by atoms with Gasteiger partial charge in [0.15, 0.2) is 11.0 Å². The third-order valence-electron chi connectivity index (χ3n) is 4.30. The fraction of sp³-hybridized carbons (Fsp3) is 0.200. The summed E-state index contributed by atoms with van der Waals surface area (Å²) in [4.78, 5) is 24.6. The maximum absolute atomic E-state index is 12.3. The van der Waals surface area contributed by atoms with Crippen LogP contribution in [0.5, 0.6) is 0 Å². The third-order valence-corrected chi connectivity index (χ3v) is 6.11. The fourth-order valence-corrected chi connectivity index (χ4v) is 4.09. The number of thioether (sulfide) groups is 1. The molecule has 0 aliphatic rings. The van der Waals surface area contributed by atoms with Crippen LogP contribution in [0.4, 0.5) is 5.69 Å². The quantitative estimate of drug-likeness (QED) is 0.459. The van der Waals surface area contributed by atoms with E-state index in [0.29, 0.717) is 32.3 Å². The Kier molecular flexibility index (Phi) is 7.83. The number of hydrogen-bond donors (Lipinski definition) is 2. The van der Waals surface area contributed by atoms with Crippen LogP contribution >= 0.6 is 46.6 Å². The maximum Gasteiger partial charge on any atom is 0.253 e. The molecule has 11 heteroatoms. The first-order valence-electron chi connectivity index (χ1n) is 9.05. The Morgan fingerprint density at radius 1 is 1.06 bits per heavy atom. The summed E-state index contributed by atoms with van der Waals surface area (Å²) in [6.45, 7) is 2.02. The third kappa shape index (κ3) is 6.13. The van der Waals surface area contributed by atoms with E-state index in [4.69, 9.17) is 34.8 Å². The molecule has 0 fully saturated rings. The first-order valence-corrected chi connectivity index (χ1v) is 11.2. The summed E-state index contributed by atoms with van der Waals surface area (Å²) in [5.74, 6) is 0.165. The van der Waals surface area contributed by atoms with Crippen molar-refractivity contribution in [2.45, 2.75) is 18.6 Å². The Morgan fingerprint density at radius 2 is 1.77 bits per heavy atom. The molecular weight excluding hydrogens is 481 g/mol. The number of anilines is 1. The molecule has 2 amide bonds. The predicted octanol–water partition coefficient (Wildman–Crippen LogP) is 4.74. The molecule has 3 rings (SSSR count). The number of carbonyl (C=O) groups excluding carboxylic acids is 2. The van der Waals surface area contributed by atoms with Gasteiger partial charge in [-0.3, -0.25) is 9.59 Å². The number of amides is 2. The zero-order valence-corrected chi connectivity index (χ0v) is 19.7. The van der Waals surface area contributed by atoms with Gasteiger partial charge in [0.2, 0.25) is 5.91 Å². The van der Waals surface area contributed by atoms with Crippen LogP contribution in [0.15, 0.2) is 41.6 Å². The summed E-state index contributed by atoms with van der Waals surface area (Å²) in [5.41, 5.74) is 1.90. The summed E-state index contributed by atoms with van der Waals surface area (Å²) in [6, 6.07) is 9.92. The monoisotopic (exact) mass is 497 g/mol. The van der Waals surface area contributed by atoms with E-state index in [-0.39, 0.29) is 29.1 Å². The highest BCUT2D eigenvalue weighted by Gasteiger charge is 2.15. The molecule has 0 atom stereocenters. The van der Waals surface area contributed by atoms with Gasteiger partial charge in [-0.1, -0.05) is 46.6 Å². The van der Waals surface area contributed by atoms with Crippen molar-refractivity contribution in [2.75, 3.05) is 11.1 Å². The van der Waals surface area contributed by atoms with E-state index in [1.807, 2.05) is 6.92 Å². The van der Waals surface area contributed by atoms with E-state index in [1.54, 1.807) is 41.9 Å². The van der Waals surface area contributed by atoms with E-state index in [1.165, 1.54) is 17.8 Å². The molecular formula is C20H18Cl3N5O2S. The minimum Gasteiger partial charge on any atom is -0.345 e. The lowest BCUT2D eigenvalue weighted by Gasteiger charge is -2.09. The van der Waals surface area contributed by atoms with E-state index >= 15 is 0 Å². The van der Waals surface area contributed by atoms with E-state index in [0.717, 1.165) is 5.56 Å². The molecule has 3 aromatic rings. The van der Waals surface area contributed by atoms with Gasteiger partial charge in [0.25, 0.3) is 5.91 Å². The van der Waals surface area contributed by atoms with Gasteiger partial charge in [-0.25, -0.2) is 0 Å². The Hall–Kier alpha value is -2.26. The number of aromatic nitrogens is 3. The van der Waals surface area contributed by atoms with Crippen LogP contribution in [0, 0.1) is 6.92 Å². The SMILES string of the molecule is Cc1cc(Cl)ccc1NC(=O)CSc1nnc(CNC(=O)c2ccc(Cl)cc2Cl)n1C. The Labute approximate surface area is 198 Å². The summed E-state index contributed by atoms with van der Waals surface area (Å²) in [7, 11) is 1.76. The molecule has 0 bridgehead atoms. The number of benzene rings is 2. The zero-order valence-electron chi connectivity index (χ0n) is 16.6. The molecule has 0 saturated heterocycles. The molecule has 0 saturated carbocycles. The van der Waals surface area contributed by atoms with Gasteiger partial charge in [-0.15, -0.1) is 10.2 Å². The van der Waals surface area contributed by atoms with Crippen LogP contribution in [-0.2, 0) is 18.4 Å². The van der Waals surface area contributed by atoms with Gasteiger partial charge in [-0.2, -0.15) is 0 Å². The van der Waals surface area contributed by atoms with Crippen LogP contribution in [0.1, 0.15) is 21.7 Å². The molecule has 0 spiro atoms. The van der Waals surface area contributed by atoms with Crippen LogP contribution in [0.25, 0.3) is 0 Å². The summed E-state index contributed by atoms with van der Waals surface area (Å²) in [5, 5.41) is 15.6. The number of nitrogens with zero attached hydrogens (tertiary/aromatic N) is 3. The van der Waals surface area contributed by atoms with Gasteiger partial charge >= 0.3 is 0 Å². The molecule has 1 heterocycles. The first kappa shape index (κ1) is 23.4. The zero-order chi connectivity index (χ0) is 22.5. The van der Waals surface area contributed by atoms with Crippen molar-refractivity contribution in [1.82, 2.24) is 20.1 Å². The second-order valence-electron chi connectivity index (χ2n) is 6.56. The van der Waals surface area contributed by atoms with Crippen LogP contribution in [0.3, 0.4) is 0 Å². The minimum atomic E-state index is -0.350. The Bertz CT molecular complexity index is 1140.